The van der Waals surface area contributed by atoms with Crippen LogP contribution in [0.25, 0.3) is 0 Å². The molecular formula is C16H22N4O2S2. The fourth-order valence-electron chi connectivity index (χ4n) is 1.90. The normalized spacial score (nSPS) is 12.0. The Bertz CT molecular complexity index is 690. The number of hydrogen-bond donors (Lipinski definition) is 2. The zero-order valence-corrected chi connectivity index (χ0v) is 15.9. The molecule has 0 spiro atoms. The molecule has 1 atom stereocenters. The first-order valence-electron chi connectivity index (χ1n) is 7.60. The highest BCUT2D eigenvalue weighted by molar-refractivity contribution is 8.02. The molecule has 8 heteroatoms. The molecule has 1 amide bonds. The second kappa shape index (κ2) is 9.00. The molecule has 130 valence electrons. The van der Waals surface area contributed by atoms with E-state index in [1.807, 2.05) is 39.0 Å². The Labute approximate surface area is 150 Å². The van der Waals surface area contributed by atoms with Gasteiger partial charge >= 0.3 is 0 Å². The number of amides is 1. The summed E-state index contributed by atoms with van der Waals surface area (Å²) in [6.45, 7) is 7.14. The summed E-state index contributed by atoms with van der Waals surface area (Å²) in [5.41, 5.74) is 3.02. The number of anilines is 2. The van der Waals surface area contributed by atoms with Crippen molar-refractivity contribution in [1.82, 2.24) is 10.2 Å². The number of nitrogens with zero attached hydrogens (tertiary/aromatic N) is 2. The van der Waals surface area contributed by atoms with Crippen LogP contribution in [0.1, 0.15) is 18.1 Å². The monoisotopic (exact) mass is 366 g/mol. The lowest BCUT2D eigenvalue weighted by molar-refractivity contribution is -0.115. The third kappa shape index (κ3) is 5.47. The Morgan fingerprint density at radius 1 is 1.38 bits per heavy atom. The van der Waals surface area contributed by atoms with Crippen molar-refractivity contribution in [2.75, 3.05) is 30.9 Å². The molecule has 0 aliphatic rings. The van der Waals surface area contributed by atoms with Crippen molar-refractivity contribution in [2.24, 2.45) is 0 Å². The molecule has 6 nitrogen and oxygen atoms in total. The summed E-state index contributed by atoms with van der Waals surface area (Å²) >= 11 is 2.84. The summed E-state index contributed by atoms with van der Waals surface area (Å²) in [5, 5.41) is 14.7. The number of carbonyl (C=O) groups excluding carboxylic acids is 1. The molecule has 0 saturated heterocycles. The van der Waals surface area contributed by atoms with Crippen LogP contribution in [-0.4, -0.2) is 41.6 Å². The molecule has 24 heavy (non-hydrogen) atoms. The maximum absolute atomic E-state index is 12.4. The number of aromatic nitrogens is 2. The maximum Gasteiger partial charge on any atom is 0.237 e. The smallest absolute Gasteiger partial charge is 0.237 e. The van der Waals surface area contributed by atoms with Crippen LogP contribution in [0, 0.1) is 13.8 Å². The summed E-state index contributed by atoms with van der Waals surface area (Å²) in [5.74, 6) is -0.0437. The van der Waals surface area contributed by atoms with Crippen molar-refractivity contribution in [3.05, 3.63) is 29.3 Å². The van der Waals surface area contributed by atoms with Crippen LogP contribution in [0.2, 0.25) is 0 Å². The predicted molar refractivity (Wildman–Crippen MR) is 100 cm³/mol. The SMILES string of the molecule is COCCNc1nnc(S[C@@H](C)C(=O)Nc2cc(C)ccc2C)s1. The van der Waals surface area contributed by atoms with Gasteiger partial charge in [0.05, 0.1) is 11.9 Å². The summed E-state index contributed by atoms with van der Waals surface area (Å²) in [6.07, 6.45) is 0. The zero-order chi connectivity index (χ0) is 17.5. The van der Waals surface area contributed by atoms with Gasteiger partial charge in [-0.25, -0.2) is 0 Å². The van der Waals surface area contributed by atoms with Gasteiger partial charge in [-0.3, -0.25) is 4.79 Å². The van der Waals surface area contributed by atoms with Crippen LogP contribution in [-0.2, 0) is 9.53 Å². The van der Waals surface area contributed by atoms with Gasteiger partial charge in [-0.05, 0) is 38.0 Å². The van der Waals surface area contributed by atoms with Gasteiger partial charge in [-0.1, -0.05) is 35.2 Å². The minimum absolute atomic E-state index is 0.0437. The molecule has 0 aliphatic carbocycles. The van der Waals surface area contributed by atoms with Crippen molar-refractivity contribution >= 4 is 39.8 Å². The highest BCUT2D eigenvalue weighted by Crippen LogP contribution is 2.29. The minimum Gasteiger partial charge on any atom is -0.383 e. The van der Waals surface area contributed by atoms with Gasteiger partial charge in [0, 0.05) is 19.3 Å². The molecule has 0 unspecified atom stereocenters. The van der Waals surface area contributed by atoms with E-state index in [1.165, 1.54) is 23.1 Å². The topological polar surface area (TPSA) is 76.1 Å². The quantitative estimate of drug-likeness (QED) is 0.551. The third-order valence-corrected chi connectivity index (χ3v) is 5.35. The summed E-state index contributed by atoms with van der Waals surface area (Å²) in [7, 11) is 1.65. The van der Waals surface area contributed by atoms with E-state index in [0.717, 1.165) is 26.3 Å². The van der Waals surface area contributed by atoms with Gasteiger partial charge in [-0.15, -0.1) is 10.2 Å². The number of aryl methyl sites for hydroxylation is 2. The van der Waals surface area contributed by atoms with Crippen molar-refractivity contribution in [2.45, 2.75) is 30.4 Å². The Balaban J connectivity index is 1.90. The number of methoxy groups -OCH3 is 1. The fraction of sp³-hybridized carbons (Fsp3) is 0.438. The average molecular weight is 367 g/mol. The lowest BCUT2D eigenvalue weighted by atomic mass is 10.1. The van der Waals surface area contributed by atoms with Crippen LogP contribution >= 0.6 is 23.1 Å². The van der Waals surface area contributed by atoms with Crippen molar-refractivity contribution in [1.29, 1.82) is 0 Å². The Morgan fingerprint density at radius 3 is 2.92 bits per heavy atom. The molecule has 2 N–H and O–H groups in total. The molecule has 2 rings (SSSR count). The van der Waals surface area contributed by atoms with Gasteiger partial charge in [0.1, 0.15) is 0 Å². The number of thioether (sulfide) groups is 1. The van der Waals surface area contributed by atoms with Crippen LogP contribution in [0.4, 0.5) is 10.8 Å². The van der Waals surface area contributed by atoms with Crippen LogP contribution in [0.5, 0.6) is 0 Å². The van der Waals surface area contributed by atoms with E-state index in [1.54, 1.807) is 7.11 Å². The summed E-state index contributed by atoms with van der Waals surface area (Å²) in [4.78, 5) is 12.4. The highest BCUT2D eigenvalue weighted by Gasteiger charge is 2.18. The minimum atomic E-state index is -0.260. The van der Waals surface area contributed by atoms with E-state index in [2.05, 4.69) is 20.8 Å². The van der Waals surface area contributed by atoms with E-state index < -0.39 is 0 Å². The summed E-state index contributed by atoms with van der Waals surface area (Å²) < 4.78 is 5.74. The van der Waals surface area contributed by atoms with Crippen LogP contribution in [0.3, 0.4) is 0 Å². The molecule has 2 aromatic rings. The van der Waals surface area contributed by atoms with Gasteiger partial charge in [-0.2, -0.15) is 0 Å². The highest BCUT2D eigenvalue weighted by atomic mass is 32.2. The zero-order valence-electron chi connectivity index (χ0n) is 14.3. The standard InChI is InChI=1S/C16H22N4O2S2/c1-10-5-6-11(2)13(9-10)18-14(21)12(3)23-16-20-19-15(24-16)17-7-8-22-4/h5-6,9,12H,7-8H2,1-4H3,(H,17,19)(H,18,21)/t12-/m0/s1. The Morgan fingerprint density at radius 2 is 2.17 bits per heavy atom. The third-order valence-electron chi connectivity index (χ3n) is 3.29. The van der Waals surface area contributed by atoms with Crippen LogP contribution < -0.4 is 10.6 Å². The van der Waals surface area contributed by atoms with E-state index in [4.69, 9.17) is 4.74 Å². The first-order chi connectivity index (χ1) is 11.5. The lowest BCUT2D eigenvalue weighted by Crippen LogP contribution is -2.22. The second-order valence-corrected chi connectivity index (χ2v) is 7.93. The fourth-order valence-corrected chi connectivity index (χ4v) is 3.82. The van der Waals surface area contributed by atoms with Crippen molar-refractivity contribution in [3.63, 3.8) is 0 Å². The molecule has 1 heterocycles. The molecule has 1 aromatic heterocycles. The molecule has 0 fully saturated rings. The van der Waals surface area contributed by atoms with Crippen LogP contribution in [0.15, 0.2) is 22.5 Å². The number of ether oxygens (including phenoxy) is 1. The van der Waals surface area contributed by atoms with E-state index in [9.17, 15) is 4.79 Å². The number of rotatable bonds is 8. The van der Waals surface area contributed by atoms with E-state index >= 15 is 0 Å². The number of nitrogens with one attached hydrogen (secondary N) is 2. The molecule has 0 bridgehead atoms. The lowest BCUT2D eigenvalue weighted by Gasteiger charge is -2.12. The molecule has 0 radical (unpaired) electrons. The molecule has 0 aliphatic heterocycles. The van der Waals surface area contributed by atoms with Gasteiger partial charge < -0.3 is 15.4 Å². The predicted octanol–water partition coefficient (Wildman–Crippen LogP) is 3.33. The molecular weight excluding hydrogens is 344 g/mol. The molecule has 0 saturated carbocycles. The number of carbonyl (C=O) groups is 1. The van der Waals surface area contributed by atoms with Gasteiger partial charge in [0.15, 0.2) is 4.34 Å². The number of benzene rings is 1. The largest absolute Gasteiger partial charge is 0.383 e. The van der Waals surface area contributed by atoms with Gasteiger partial charge in [0.2, 0.25) is 11.0 Å². The molecule has 1 aromatic carbocycles. The van der Waals surface area contributed by atoms with Gasteiger partial charge in [0.25, 0.3) is 0 Å². The van der Waals surface area contributed by atoms with Crippen molar-refractivity contribution in [3.8, 4) is 0 Å². The summed E-state index contributed by atoms with van der Waals surface area (Å²) in [6, 6.07) is 6.02. The average Bonchev–Trinajstić information content (AvgIpc) is 2.98. The van der Waals surface area contributed by atoms with E-state index in [-0.39, 0.29) is 11.2 Å². The Kier molecular flexibility index (Phi) is 7.01. The maximum atomic E-state index is 12.4. The Hall–Kier alpha value is -1.64. The first kappa shape index (κ1) is 18.7. The second-order valence-electron chi connectivity index (χ2n) is 5.36. The van der Waals surface area contributed by atoms with E-state index in [0.29, 0.717) is 13.2 Å². The first-order valence-corrected chi connectivity index (χ1v) is 9.30. The number of hydrogen-bond acceptors (Lipinski definition) is 7. The van der Waals surface area contributed by atoms with Crippen molar-refractivity contribution < 1.29 is 9.53 Å².